The van der Waals surface area contributed by atoms with Crippen LogP contribution in [0.2, 0.25) is 0 Å². The van der Waals surface area contributed by atoms with Crippen LogP contribution in [0.15, 0.2) is 60.7 Å². The van der Waals surface area contributed by atoms with Crippen LogP contribution in [0.1, 0.15) is 52.5 Å². The summed E-state index contributed by atoms with van der Waals surface area (Å²) in [5.41, 5.74) is 0.305. The number of ether oxygens (including phenoxy) is 2. The Morgan fingerprint density at radius 1 is 0.786 bits per heavy atom. The summed E-state index contributed by atoms with van der Waals surface area (Å²) in [6.45, 7) is 8.27. The van der Waals surface area contributed by atoms with E-state index in [1.807, 2.05) is 36.4 Å². The van der Waals surface area contributed by atoms with Gasteiger partial charge in [-0.3, -0.25) is 9.59 Å². The van der Waals surface area contributed by atoms with Gasteiger partial charge in [0.25, 0.3) is 0 Å². The molecule has 0 radical (unpaired) electrons. The highest BCUT2D eigenvalue weighted by Gasteiger charge is 2.42. The number of carbonyl (C=O) groups excluding carboxylic acids is 2. The van der Waals surface area contributed by atoms with Gasteiger partial charge in [0.05, 0.1) is 0 Å². The number of hydrogen-bond donors (Lipinski definition) is 0. The third kappa shape index (κ3) is 5.44. The van der Waals surface area contributed by atoms with Crippen LogP contribution in [0.3, 0.4) is 0 Å². The summed E-state index contributed by atoms with van der Waals surface area (Å²) in [7, 11) is 0. The molecule has 0 aliphatic carbocycles. The fourth-order valence-electron chi connectivity index (χ4n) is 3.61. The maximum atomic E-state index is 12.6. The predicted molar refractivity (Wildman–Crippen MR) is 110 cm³/mol. The monoisotopic (exact) mass is 382 g/mol. The van der Waals surface area contributed by atoms with E-state index in [0.29, 0.717) is 12.2 Å². The van der Waals surface area contributed by atoms with Crippen molar-refractivity contribution in [2.24, 2.45) is 11.8 Å². The Bertz CT molecular complexity index is 743. The fourth-order valence-corrected chi connectivity index (χ4v) is 3.61. The van der Waals surface area contributed by atoms with Crippen molar-refractivity contribution in [3.05, 3.63) is 66.2 Å². The van der Waals surface area contributed by atoms with Crippen LogP contribution in [-0.2, 0) is 19.9 Å². The van der Waals surface area contributed by atoms with Crippen molar-refractivity contribution in [2.45, 2.75) is 52.6 Å². The van der Waals surface area contributed by atoms with Gasteiger partial charge in [-0.15, -0.1) is 0 Å². The standard InChI is InChI=1S/C24H30O4/c1-18(2)24(19(3)4,20-12-7-5-8-13-20)28-23(26)17-11-16-22(25)27-21-14-9-6-10-15-21/h5-10,12-15,18-19H,11,16-17H2,1-4H3. The van der Waals surface area contributed by atoms with Gasteiger partial charge in [0, 0.05) is 12.8 Å². The molecule has 0 spiro atoms. The zero-order valence-electron chi connectivity index (χ0n) is 17.2. The SMILES string of the molecule is CC(C)C(OC(=O)CCCC(=O)Oc1ccccc1)(c1ccccc1)C(C)C. The average Bonchev–Trinajstić information content (AvgIpc) is 2.67. The first kappa shape index (κ1) is 21.7. The molecule has 0 N–H and O–H groups in total. The van der Waals surface area contributed by atoms with Crippen molar-refractivity contribution in [1.29, 1.82) is 0 Å². The zero-order valence-corrected chi connectivity index (χ0v) is 17.2. The molecular weight excluding hydrogens is 352 g/mol. The molecule has 0 saturated carbocycles. The Labute approximate surface area is 167 Å². The molecule has 0 unspecified atom stereocenters. The molecule has 0 aliphatic rings. The van der Waals surface area contributed by atoms with Crippen LogP contribution in [0.25, 0.3) is 0 Å². The molecule has 0 fully saturated rings. The molecular formula is C24H30O4. The van der Waals surface area contributed by atoms with Gasteiger partial charge in [-0.2, -0.15) is 0 Å². The van der Waals surface area contributed by atoms with E-state index in [9.17, 15) is 9.59 Å². The highest BCUT2D eigenvalue weighted by molar-refractivity contribution is 5.74. The molecule has 0 saturated heterocycles. The summed E-state index contributed by atoms with van der Waals surface area (Å²) in [4.78, 5) is 24.5. The molecule has 0 amide bonds. The first-order chi connectivity index (χ1) is 13.4. The summed E-state index contributed by atoms with van der Waals surface area (Å²) in [5.74, 6) is 0.0985. The summed E-state index contributed by atoms with van der Waals surface area (Å²) < 4.78 is 11.3. The molecule has 2 rings (SSSR count). The van der Waals surface area contributed by atoms with Gasteiger partial charge in [-0.1, -0.05) is 76.2 Å². The van der Waals surface area contributed by atoms with Crippen molar-refractivity contribution in [2.75, 3.05) is 0 Å². The highest BCUT2D eigenvalue weighted by atomic mass is 16.6. The van der Waals surface area contributed by atoms with Crippen LogP contribution >= 0.6 is 0 Å². The van der Waals surface area contributed by atoms with E-state index in [0.717, 1.165) is 5.56 Å². The molecule has 28 heavy (non-hydrogen) atoms. The lowest BCUT2D eigenvalue weighted by Crippen LogP contribution is -2.42. The van der Waals surface area contributed by atoms with Crippen LogP contribution in [0.4, 0.5) is 0 Å². The topological polar surface area (TPSA) is 52.6 Å². The molecule has 4 nitrogen and oxygen atoms in total. The van der Waals surface area contributed by atoms with Crippen LogP contribution < -0.4 is 4.74 Å². The highest BCUT2D eigenvalue weighted by Crippen LogP contribution is 2.41. The van der Waals surface area contributed by atoms with Crippen LogP contribution in [-0.4, -0.2) is 11.9 Å². The minimum absolute atomic E-state index is 0.113. The third-order valence-corrected chi connectivity index (χ3v) is 4.96. The second-order valence-corrected chi connectivity index (χ2v) is 7.58. The molecule has 0 aromatic heterocycles. The number of benzene rings is 2. The number of para-hydroxylation sites is 1. The quantitative estimate of drug-likeness (QED) is 0.424. The van der Waals surface area contributed by atoms with E-state index >= 15 is 0 Å². The first-order valence-electron chi connectivity index (χ1n) is 9.89. The Hall–Kier alpha value is -2.62. The molecule has 150 valence electrons. The normalized spacial score (nSPS) is 11.5. The van der Waals surface area contributed by atoms with E-state index < -0.39 is 5.60 Å². The second kappa shape index (κ2) is 10.1. The maximum absolute atomic E-state index is 12.6. The van der Waals surface area contributed by atoms with Crippen LogP contribution in [0, 0.1) is 11.8 Å². The lowest BCUT2D eigenvalue weighted by atomic mass is 9.75. The maximum Gasteiger partial charge on any atom is 0.311 e. The molecule has 4 heteroatoms. The van der Waals surface area contributed by atoms with E-state index in [2.05, 4.69) is 27.7 Å². The van der Waals surface area contributed by atoms with E-state index in [-0.39, 0.29) is 36.6 Å². The number of hydrogen-bond acceptors (Lipinski definition) is 4. The Morgan fingerprint density at radius 2 is 1.29 bits per heavy atom. The van der Waals surface area contributed by atoms with Crippen molar-refractivity contribution in [3.8, 4) is 5.75 Å². The Balaban J connectivity index is 1.96. The minimum Gasteiger partial charge on any atom is -0.454 e. The van der Waals surface area contributed by atoms with Gasteiger partial charge < -0.3 is 9.47 Å². The summed E-state index contributed by atoms with van der Waals surface area (Å²) in [6.07, 6.45) is 0.745. The lowest BCUT2D eigenvalue weighted by Gasteiger charge is -2.41. The molecule has 0 aliphatic heterocycles. The Kier molecular flexibility index (Phi) is 7.80. The smallest absolute Gasteiger partial charge is 0.311 e. The van der Waals surface area contributed by atoms with Crippen molar-refractivity contribution in [1.82, 2.24) is 0 Å². The second-order valence-electron chi connectivity index (χ2n) is 7.58. The minimum atomic E-state index is -0.692. The van der Waals surface area contributed by atoms with Crippen LogP contribution in [0.5, 0.6) is 5.75 Å². The van der Waals surface area contributed by atoms with Crippen molar-refractivity contribution >= 4 is 11.9 Å². The van der Waals surface area contributed by atoms with Gasteiger partial charge in [-0.05, 0) is 36.0 Å². The summed E-state index contributed by atoms with van der Waals surface area (Å²) >= 11 is 0. The molecule has 0 bridgehead atoms. The zero-order chi connectivity index (χ0) is 20.6. The van der Waals surface area contributed by atoms with Gasteiger partial charge in [0.15, 0.2) is 0 Å². The van der Waals surface area contributed by atoms with Crippen molar-refractivity contribution in [3.63, 3.8) is 0 Å². The molecule has 2 aromatic carbocycles. The predicted octanol–water partition coefficient (Wildman–Crippen LogP) is 5.51. The largest absolute Gasteiger partial charge is 0.454 e. The van der Waals surface area contributed by atoms with Gasteiger partial charge >= 0.3 is 11.9 Å². The summed E-state index contributed by atoms with van der Waals surface area (Å²) in [5, 5.41) is 0. The van der Waals surface area contributed by atoms with Crippen molar-refractivity contribution < 1.29 is 19.1 Å². The fraction of sp³-hybridized carbons (Fsp3) is 0.417. The van der Waals surface area contributed by atoms with Gasteiger partial charge in [-0.25, -0.2) is 0 Å². The van der Waals surface area contributed by atoms with Gasteiger partial charge in [0.2, 0.25) is 0 Å². The van der Waals surface area contributed by atoms with E-state index in [4.69, 9.17) is 9.47 Å². The molecule has 0 atom stereocenters. The average molecular weight is 383 g/mol. The first-order valence-corrected chi connectivity index (χ1v) is 9.89. The Morgan fingerprint density at radius 3 is 1.82 bits per heavy atom. The van der Waals surface area contributed by atoms with Gasteiger partial charge in [0.1, 0.15) is 11.4 Å². The number of esters is 2. The summed E-state index contributed by atoms with van der Waals surface area (Å²) in [6, 6.07) is 18.8. The number of carbonyl (C=O) groups is 2. The van der Waals surface area contributed by atoms with E-state index in [1.165, 1.54) is 0 Å². The molecule has 0 heterocycles. The lowest BCUT2D eigenvalue weighted by molar-refractivity contribution is -0.174. The third-order valence-electron chi connectivity index (χ3n) is 4.96. The molecule has 2 aromatic rings. The number of rotatable bonds is 9. The van der Waals surface area contributed by atoms with E-state index in [1.54, 1.807) is 24.3 Å².